The largest absolute Gasteiger partial charge is 0.455 e. The fourth-order valence-electron chi connectivity index (χ4n) is 3.53. The number of amides is 1. The van der Waals surface area contributed by atoms with Gasteiger partial charge in [0.25, 0.3) is 5.91 Å². The first kappa shape index (κ1) is 16.4. The zero-order valence-electron chi connectivity index (χ0n) is 15.0. The number of carbonyl (C=O) groups is 1. The number of benzene rings is 2. The molecule has 3 heterocycles. The van der Waals surface area contributed by atoms with Crippen molar-refractivity contribution in [1.29, 1.82) is 0 Å². The minimum atomic E-state index is -0.176. The van der Waals surface area contributed by atoms with Crippen molar-refractivity contribution < 1.29 is 9.21 Å². The number of nitrogens with zero attached hydrogens (tertiary/aromatic N) is 3. The minimum Gasteiger partial charge on any atom is -0.455 e. The van der Waals surface area contributed by atoms with Crippen LogP contribution in [0.1, 0.15) is 34.1 Å². The Bertz CT molecular complexity index is 1130. The number of hydrazone groups is 1. The van der Waals surface area contributed by atoms with Gasteiger partial charge in [0.2, 0.25) is 0 Å². The molecular formula is C23H17N3O2. The van der Waals surface area contributed by atoms with Crippen molar-refractivity contribution in [3.8, 4) is 0 Å². The standard InChI is InChI=1S/C23H17N3O2/c27-23(17-10-12-24-13-11-17)26-20(16-6-2-1-3-7-16)15-19(25-26)22-14-18-8-4-5-9-21(18)28-22/h1-14,20H,15H2. The van der Waals surface area contributed by atoms with E-state index in [1.54, 1.807) is 29.5 Å². The number of pyridine rings is 1. The van der Waals surface area contributed by atoms with E-state index in [9.17, 15) is 4.79 Å². The zero-order valence-corrected chi connectivity index (χ0v) is 15.0. The van der Waals surface area contributed by atoms with Gasteiger partial charge in [-0.2, -0.15) is 5.10 Å². The first-order valence-electron chi connectivity index (χ1n) is 9.14. The topological polar surface area (TPSA) is 58.7 Å². The summed E-state index contributed by atoms with van der Waals surface area (Å²) < 4.78 is 5.99. The van der Waals surface area contributed by atoms with Crippen LogP contribution in [0.4, 0.5) is 0 Å². The predicted molar refractivity (Wildman–Crippen MR) is 107 cm³/mol. The maximum Gasteiger partial charge on any atom is 0.274 e. The zero-order chi connectivity index (χ0) is 18.9. The fraction of sp³-hybridized carbons (Fsp3) is 0.0870. The van der Waals surface area contributed by atoms with Crippen LogP contribution in [0.2, 0.25) is 0 Å². The number of carbonyl (C=O) groups excluding carboxylic acids is 1. The van der Waals surface area contributed by atoms with Crippen LogP contribution in [0.3, 0.4) is 0 Å². The summed E-state index contributed by atoms with van der Waals surface area (Å²) in [6.07, 6.45) is 3.83. The molecule has 0 radical (unpaired) electrons. The molecule has 0 bridgehead atoms. The van der Waals surface area contributed by atoms with Crippen molar-refractivity contribution in [2.75, 3.05) is 0 Å². The van der Waals surface area contributed by atoms with Gasteiger partial charge in [-0.15, -0.1) is 0 Å². The van der Waals surface area contributed by atoms with E-state index in [1.165, 1.54) is 0 Å². The molecule has 5 heteroatoms. The first-order chi connectivity index (χ1) is 13.8. The molecule has 5 nitrogen and oxygen atoms in total. The van der Waals surface area contributed by atoms with Crippen molar-refractivity contribution >= 4 is 22.6 Å². The number of hydrogen-bond donors (Lipinski definition) is 0. The minimum absolute atomic E-state index is 0.151. The maximum absolute atomic E-state index is 13.1. The molecule has 2 aromatic carbocycles. The van der Waals surface area contributed by atoms with E-state index in [2.05, 4.69) is 10.1 Å². The number of aromatic nitrogens is 1. The van der Waals surface area contributed by atoms with Crippen LogP contribution >= 0.6 is 0 Å². The van der Waals surface area contributed by atoms with E-state index in [1.807, 2.05) is 60.7 Å². The van der Waals surface area contributed by atoms with Gasteiger partial charge in [-0.3, -0.25) is 9.78 Å². The summed E-state index contributed by atoms with van der Waals surface area (Å²) in [5.41, 5.74) is 3.19. The normalized spacial score (nSPS) is 16.4. The lowest BCUT2D eigenvalue weighted by Crippen LogP contribution is -2.27. The van der Waals surface area contributed by atoms with Crippen LogP contribution in [0.15, 0.2) is 94.7 Å². The Morgan fingerprint density at radius 1 is 0.964 bits per heavy atom. The van der Waals surface area contributed by atoms with Gasteiger partial charge in [0, 0.05) is 29.8 Å². The average Bonchev–Trinajstić information content (AvgIpc) is 3.39. The van der Waals surface area contributed by atoms with E-state index in [0.29, 0.717) is 17.7 Å². The molecule has 0 N–H and O–H groups in total. The molecule has 0 saturated carbocycles. The van der Waals surface area contributed by atoms with E-state index in [0.717, 1.165) is 22.2 Å². The summed E-state index contributed by atoms with van der Waals surface area (Å²) in [7, 11) is 0. The monoisotopic (exact) mass is 367 g/mol. The molecule has 0 fully saturated rings. The van der Waals surface area contributed by atoms with Gasteiger partial charge in [0.05, 0.1) is 6.04 Å². The van der Waals surface area contributed by atoms with E-state index in [-0.39, 0.29) is 11.9 Å². The Morgan fingerprint density at radius 2 is 1.71 bits per heavy atom. The van der Waals surface area contributed by atoms with E-state index < -0.39 is 0 Å². The molecule has 1 unspecified atom stereocenters. The lowest BCUT2D eigenvalue weighted by Gasteiger charge is -2.22. The quantitative estimate of drug-likeness (QED) is 0.522. The van der Waals surface area contributed by atoms with E-state index in [4.69, 9.17) is 4.42 Å². The molecule has 28 heavy (non-hydrogen) atoms. The van der Waals surface area contributed by atoms with Crippen molar-refractivity contribution in [3.05, 3.63) is 102 Å². The average molecular weight is 367 g/mol. The lowest BCUT2D eigenvalue weighted by atomic mass is 10.0. The second-order valence-electron chi connectivity index (χ2n) is 6.71. The van der Waals surface area contributed by atoms with Crippen LogP contribution < -0.4 is 0 Å². The number of furan rings is 1. The molecule has 2 aromatic heterocycles. The molecule has 5 rings (SSSR count). The highest BCUT2D eigenvalue weighted by atomic mass is 16.3. The van der Waals surface area contributed by atoms with Crippen LogP contribution in [-0.2, 0) is 0 Å². The highest BCUT2D eigenvalue weighted by Gasteiger charge is 2.34. The Kier molecular flexibility index (Phi) is 3.98. The second-order valence-corrected chi connectivity index (χ2v) is 6.71. The Balaban J connectivity index is 1.56. The molecule has 4 aromatic rings. The third-order valence-corrected chi connectivity index (χ3v) is 4.94. The highest BCUT2D eigenvalue weighted by molar-refractivity contribution is 6.05. The van der Waals surface area contributed by atoms with Crippen molar-refractivity contribution in [3.63, 3.8) is 0 Å². The molecule has 1 atom stereocenters. The van der Waals surface area contributed by atoms with Gasteiger partial charge in [-0.05, 0) is 29.8 Å². The molecule has 0 saturated heterocycles. The number of fused-ring (bicyclic) bond motifs is 1. The highest BCUT2D eigenvalue weighted by Crippen LogP contribution is 2.35. The third-order valence-electron chi connectivity index (χ3n) is 4.94. The molecule has 1 amide bonds. The van der Waals surface area contributed by atoms with Crippen molar-refractivity contribution in [1.82, 2.24) is 9.99 Å². The molecule has 1 aliphatic rings. The van der Waals surface area contributed by atoms with Gasteiger partial charge in [0.1, 0.15) is 11.3 Å². The molecule has 0 spiro atoms. The summed E-state index contributed by atoms with van der Waals surface area (Å²) in [5, 5.41) is 7.26. The van der Waals surface area contributed by atoms with Crippen LogP contribution in [0, 0.1) is 0 Å². The fourth-order valence-corrected chi connectivity index (χ4v) is 3.53. The smallest absolute Gasteiger partial charge is 0.274 e. The van der Waals surface area contributed by atoms with Gasteiger partial charge in [0.15, 0.2) is 5.76 Å². The number of para-hydroxylation sites is 1. The molecule has 1 aliphatic heterocycles. The first-order valence-corrected chi connectivity index (χ1v) is 9.14. The second kappa shape index (κ2) is 6.78. The van der Waals surface area contributed by atoms with Gasteiger partial charge in [-0.25, -0.2) is 5.01 Å². The molecule has 0 aliphatic carbocycles. The lowest BCUT2D eigenvalue weighted by molar-refractivity contribution is 0.0711. The Labute approximate surface area is 161 Å². The van der Waals surface area contributed by atoms with Crippen LogP contribution in [-0.4, -0.2) is 21.6 Å². The van der Waals surface area contributed by atoms with Gasteiger partial charge < -0.3 is 4.42 Å². The van der Waals surface area contributed by atoms with Crippen molar-refractivity contribution in [2.24, 2.45) is 5.10 Å². The summed E-state index contributed by atoms with van der Waals surface area (Å²) in [4.78, 5) is 17.1. The third kappa shape index (κ3) is 2.87. The SMILES string of the molecule is O=C(c1ccncc1)N1N=C(c2cc3ccccc3o2)CC1c1ccccc1. The van der Waals surface area contributed by atoms with Gasteiger partial charge in [-0.1, -0.05) is 48.5 Å². The summed E-state index contributed by atoms with van der Waals surface area (Å²) in [5.74, 6) is 0.550. The summed E-state index contributed by atoms with van der Waals surface area (Å²) in [6.45, 7) is 0. The number of rotatable bonds is 3. The van der Waals surface area contributed by atoms with Crippen LogP contribution in [0.25, 0.3) is 11.0 Å². The molecular weight excluding hydrogens is 350 g/mol. The van der Waals surface area contributed by atoms with Gasteiger partial charge >= 0.3 is 0 Å². The summed E-state index contributed by atoms with van der Waals surface area (Å²) >= 11 is 0. The summed E-state index contributed by atoms with van der Waals surface area (Å²) in [6, 6.07) is 23.0. The number of hydrogen-bond acceptors (Lipinski definition) is 4. The maximum atomic E-state index is 13.1. The predicted octanol–water partition coefficient (Wildman–Crippen LogP) is 4.82. The van der Waals surface area contributed by atoms with Crippen molar-refractivity contribution in [2.45, 2.75) is 12.5 Å². The Morgan fingerprint density at radius 3 is 2.50 bits per heavy atom. The van der Waals surface area contributed by atoms with Crippen LogP contribution in [0.5, 0.6) is 0 Å². The van der Waals surface area contributed by atoms with E-state index >= 15 is 0 Å². The molecule has 136 valence electrons. The Hall–Kier alpha value is -3.73.